The van der Waals surface area contributed by atoms with Gasteiger partial charge in [0.1, 0.15) is 30.2 Å². The van der Waals surface area contributed by atoms with E-state index in [1.807, 2.05) is 23.5 Å². The zero-order valence-corrected chi connectivity index (χ0v) is 34.3. The van der Waals surface area contributed by atoms with Gasteiger partial charge in [-0.1, -0.05) is 42.5 Å². The smallest absolute Gasteiger partial charge is 0.326 e. The number of aromatic nitrogens is 1. The number of nitrogens with two attached hydrogens (primary N) is 1. The van der Waals surface area contributed by atoms with Gasteiger partial charge in [-0.05, 0) is 60.6 Å². The van der Waals surface area contributed by atoms with Crippen molar-refractivity contribution in [3.63, 3.8) is 0 Å². The highest BCUT2D eigenvalue weighted by Gasteiger charge is 2.32. The lowest BCUT2D eigenvalue weighted by molar-refractivity contribution is -0.142. The van der Waals surface area contributed by atoms with E-state index in [-0.39, 0.29) is 44.3 Å². The first kappa shape index (κ1) is 50.7. The summed E-state index contributed by atoms with van der Waals surface area (Å²) in [6, 6.07) is 6.38. The van der Waals surface area contributed by atoms with Crippen molar-refractivity contribution < 1.29 is 73.5 Å². The number of carbonyl (C=O) groups is 10. The second-order valence-electron chi connectivity index (χ2n) is 14.4. The lowest BCUT2D eigenvalue weighted by Crippen LogP contribution is -2.57. The monoisotopic (exact) mass is 894 g/mol. The molecule has 0 aliphatic carbocycles. The van der Waals surface area contributed by atoms with E-state index in [4.69, 9.17) is 10.8 Å². The Morgan fingerprint density at radius 2 is 1.17 bits per heavy atom. The summed E-state index contributed by atoms with van der Waals surface area (Å²) >= 11 is 0. The second kappa shape index (κ2) is 25.3. The first-order valence-electron chi connectivity index (χ1n) is 19.9. The van der Waals surface area contributed by atoms with Crippen LogP contribution in [-0.2, 0) is 51.3 Å². The summed E-state index contributed by atoms with van der Waals surface area (Å²) in [6.07, 6.45) is -1.94. The summed E-state index contributed by atoms with van der Waals surface area (Å²) in [5.41, 5.74) is 6.57. The largest absolute Gasteiger partial charge is 0.481 e. The third-order valence-electron chi connectivity index (χ3n) is 9.54. The number of hydrogen-bond donors (Lipinski definition) is 12. The minimum Gasteiger partial charge on any atom is -0.481 e. The molecule has 1 heterocycles. The first-order valence-corrected chi connectivity index (χ1v) is 19.9. The maximum Gasteiger partial charge on any atom is 0.326 e. The molecule has 64 heavy (non-hydrogen) atoms. The molecule has 0 aliphatic rings. The van der Waals surface area contributed by atoms with Gasteiger partial charge in [0.05, 0.1) is 17.7 Å². The average Bonchev–Trinajstić information content (AvgIpc) is 3.24. The predicted octanol–water partition coefficient (Wildman–Crippen LogP) is -0.299. The third-order valence-corrected chi connectivity index (χ3v) is 9.54. The molecular weight excluding hydrogens is 844 g/mol. The van der Waals surface area contributed by atoms with Crippen LogP contribution in [0.2, 0.25) is 0 Å². The van der Waals surface area contributed by atoms with Crippen LogP contribution in [0.3, 0.4) is 0 Å². The molecule has 13 N–H and O–H groups in total. The standard InChI is InChI=1S/C41H50N8O15/c42-20-26-11-10-25(21-44-26)35(56)45-27(12-14-32(50)51)37(58)47-31(19-34(54)55)38(59)46-30(18-22-8-9-23-5-1-2-6-24(23)17-22)36(57)43-16-4-3-7-28(39(60)61)48-41(64)49-29(40(62)63)13-15-33(52)53/h1-2,5-6,8-11,17,21,27-31H,3-4,7,12-16,18-20,42H2,(H,43,57)(H,45,56)(H,46,59)(H,47,58)(H,50,51)(H,52,53)(H,54,55)(H,60,61)(H,62,63)(H2,48,49,64). The number of nitrogens with zero attached hydrogens (tertiary/aromatic N) is 1. The number of hydrogen-bond acceptors (Lipinski definition) is 12. The van der Waals surface area contributed by atoms with Crippen LogP contribution in [0.1, 0.15) is 73.0 Å². The zero-order chi connectivity index (χ0) is 47.3. The molecule has 5 unspecified atom stereocenters. The van der Waals surface area contributed by atoms with Crippen LogP contribution in [0.5, 0.6) is 0 Å². The van der Waals surface area contributed by atoms with Crippen molar-refractivity contribution in [1.82, 2.24) is 36.9 Å². The van der Waals surface area contributed by atoms with Gasteiger partial charge in [-0.15, -0.1) is 0 Å². The SMILES string of the molecule is NCc1ccc(C(=O)NC(CCC(=O)O)C(=O)NC(CC(=O)O)C(=O)NC(Cc2ccc3ccccc3c2)C(=O)NCCCCC(NC(=O)NC(CCC(=O)O)C(=O)O)C(=O)O)cn1. The van der Waals surface area contributed by atoms with Crippen LogP contribution in [0, 0.1) is 0 Å². The molecule has 0 fully saturated rings. The Morgan fingerprint density at radius 3 is 1.75 bits per heavy atom. The molecule has 0 spiro atoms. The van der Waals surface area contributed by atoms with Crippen molar-refractivity contribution in [2.75, 3.05) is 6.54 Å². The van der Waals surface area contributed by atoms with Gasteiger partial charge >= 0.3 is 35.9 Å². The van der Waals surface area contributed by atoms with Gasteiger partial charge in [0.2, 0.25) is 17.7 Å². The van der Waals surface area contributed by atoms with Gasteiger partial charge in [0.15, 0.2) is 0 Å². The quantitative estimate of drug-likeness (QED) is 0.0437. The Labute approximate surface area is 364 Å². The van der Waals surface area contributed by atoms with Gasteiger partial charge < -0.3 is 63.2 Å². The number of unbranched alkanes of at least 4 members (excludes halogenated alkanes) is 1. The van der Waals surface area contributed by atoms with Crippen LogP contribution < -0.4 is 37.6 Å². The maximum atomic E-state index is 13.8. The molecule has 0 saturated carbocycles. The van der Waals surface area contributed by atoms with Crippen LogP contribution in [0.25, 0.3) is 10.8 Å². The number of fused-ring (bicyclic) bond motifs is 1. The van der Waals surface area contributed by atoms with Crippen molar-refractivity contribution in [3.05, 3.63) is 77.6 Å². The number of rotatable bonds is 27. The highest BCUT2D eigenvalue weighted by atomic mass is 16.4. The van der Waals surface area contributed by atoms with Gasteiger partial charge in [0.25, 0.3) is 5.91 Å². The fourth-order valence-corrected chi connectivity index (χ4v) is 6.15. The molecule has 0 aliphatic heterocycles. The fourth-order valence-electron chi connectivity index (χ4n) is 6.15. The van der Waals surface area contributed by atoms with Crippen LogP contribution in [0.4, 0.5) is 4.79 Å². The third kappa shape index (κ3) is 17.4. The highest BCUT2D eigenvalue weighted by molar-refractivity contribution is 5.99. The highest BCUT2D eigenvalue weighted by Crippen LogP contribution is 2.17. The summed E-state index contributed by atoms with van der Waals surface area (Å²) in [5.74, 6) is -10.9. The van der Waals surface area contributed by atoms with E-state index in [1.54, 1.807) is 24.3 Å². The number of carbonyl (C=O) groups excluding carboxylic acids is 5. The second-order valence-corrected chi connectivity index (χ2v) is 14.4. The molecule has 1 aromatic heterocycles. The molecule has 5 atom stereocenters. The number of pyridine rings is 1. The van der Waals surface area contributed by atoms with Crippen molar-refractivity contribution >= 4 is 70.3 Å². The number of nitrogens with one attached hydrogen (secondary N) is 6. The van der Waals surface area contributed by atoms with Gasteiger partial charge in [-0.3, -0.25) is 38.5 Å². The Morgan fingerprint density at radius 1 is 0.578 bits per heavy atom. The Bertz CT molecular complexity index is 2190. The summed E-state index contributed by atoms with van der Waals surface area (Å²) in [7, 11) is 0. The van der Waals surface area contributed by atoms with E-state index >= 15 is 0 Å². The Hall–Kier alpha value is -7.69. The predicted molar refractivity (Wildman–Crippen MR) is 222 cm³/mol. The molecule has 6 amide bonds. The van der Waals surface area contributed by atoms with Gasteiger partial charge in [-0.2, -0.15) is 0 Å². The van der Waals surface area contributed by atoms with E-state index in [0.717, 1.165) is 10.8 Å². The minimum atomic E-state index is -1.83. The summed E-state index contributed by atoms with van der Waals surface area (Å²) < 4.78 is 0. The molecule has 0 radical (unpaired) electrons. The lowest BCUT2D eigenvalue weighted by Gasteiger charge is -2.25. The number of carboxylic acids is 5. The minimum absolute atomic E-state index is 0.00383. The Balaban J connectivity index is 1.74. The van der Waals surface area contributed by atoms with Gasteiger partial charge in [-0.25, -0.2) is 14.4 Å². The van der Waals surface area contributed by atoms with Gasteiger partial charge in [0, 0.05) is 38.5 Å². The van der Waals surface area contributed by atoms with E-state index in [0.29, 0.717) is 11.3 Å². The van der Waals surface area contributed by atoms with Crippen LogP contribution >= 0.6 is 0 Å². The van der Waals surface area contributed by atoms with Crippen molar-refractivity contribution in [3.8, 4) is 0 Å². The molecule has 0 saturated heterocycles. The topological polar surface area (TPSA) is 383 Å². The molecule has 2 aromatic carbocycles. The van der Waals surface area contributed by atoms with E-state index in [9.17, 15) is 68.4 Å². The van der Waals surface area contributed by atoms with Crippen LogP contribution in [-0.4, -0.2) is 127 Å². The normalized spacial score (nSPS) is 13.1. The molecular formula is C41H50N8O15. The Kier molecular flexibility index (Phi) is 20.0. The molecule has 0 bridgehead atoms. The van der Waals surface area contributed by atoms with Crippen molar-refractivity contribution in [1.29, 1.82) is 0 Å². The number of benzene rings is 2. The van der Waals surface area contributed by atoms with E-state index < -0.39 is 122 Å². The fraction of sp³-hybridized carbons (Fsp3) is 0.390. The van der Waals surface area contributed by atoms with E-state index in [1.165, 1.54) is 18.3 Å². The number of aliphatic carboxylic acids is 5. The summed E-state index contributed by atoms with van der Waals surface area (Å²) in [4.78, 5) is 128. The maximum absolute atomic E-state index is 13.8. The number of carboxylic acid groups (broad SMARTS) is 5. The summed E-state index contributed by atoms with van der Waals surface area (Å²) in [5, 5.41) is 62.3. The molecule has 3 rings (SSSR count). The van der Waals surface area contributed by atoms with E-state index in [2.05, 4.69) is 31.6 Å². The van der Waals surface area contributed by atoms with Crippen molar-refractivity contribution in [2.24, 2.45) is 5.73 Å². The number of amides is 6. The lowest BCUT2D eigenvalue weighted by atomic mass is 10.0. The molecule has 344 valence electrons. The average molecular weight is 895 g/mol. The first-order chi connectivity index (χ1) is 30.4. The molecule has 23 heteroatoms. The molecule has 3 aromatic rings. The number of urea groups is 1. The zero-order valence-electron chi connectivity index (χ0n) is 34.3. The molecule has 23 nitrogen and oxygen atoms in total. The van der Waals surface area contributed by atoms with Crippen LogP contribution in [0.15, 0.2) is 60.8 Å². The van der Waals surface area contributed by atoms with Crippen molar-refractivity contribution in [2.45, 2.75) is 94.5 Å². The summed E-state index contributed by atoms with van der Waals surface area (Å²) in [6.45, 7) is 0.00297.